The van der Waals surface area contributed by atoms with E-state index in [-0.39, 0.29) is 23.7 Å². The Labute approximate surface area is 147 Å². The van der Waals surface area contributed by atoms with Crippen molar-refractivity contribution < 1.29 is 9.59 Å². The quantitative estimate of drug-likeness (QED) is 0.806. The molecule has 2 amide bonds. The summed E-state index contributed by atoms with van der Waals surface area (Å²) in [5.74, 6) is 1.10. The van der Waals surface area contributed by atoms with Gasteiger partial charge in [-0.2, -0.15) is 0 Å². The van der Waals surface area contributed by atoms with Crippen LogP contribution in [0.15, 0.2) is 60.7 Å². The van der Waals surface area contributed by atoms with Crippen molar-refractivity contribution in [2.45, 2.75) is 25.3 Å². The van der Waals surface area contributed by atoms with Gasteiger partial charge in [0.05, 0.1) is 18.4 Å². The van der Waals surface area contributed by atoms with Crippen LogP contribution in [-0.4, -0.2) is 16.7 Å². The maximum absolute atomic E-state index is 13.1. The Balaban J connectivity index is 1.42. The maximum Gasteiger partial charge on any atom is 0.233 e. The minimum atomic E-state index is -0.0971. The van der Waals surface area contributed by atoms with Crippen LogP contribution in [-0.2, 0) is 16.1 Å². The molecule has 2 aromatic rings. The molecule has 0 N–H and O–H groups in total. The summed E-state index contributed by atoms with van der Waals surface area (Å²) in [6, 6.07) is 20.3. The predicted octanol–water partition coefficient (Wildman–Crippen LogP) is 3.61. The number of likely N-dealkylation sites (tertiary alicyclic amines) is 1. The molecular weight excluding hydrogens is 310 g/mol. The number of benzene rings is 2. The molecule has 25 heavy (non-hydrogen) atoms. The van der Waals surface area contributed by atoms with E-state index in [1.165, 1.54) is 10.5 Å². The Hall–Kier alpha value is -2.42. The molecule has 0 unspecified atom stereocenters. The van der Waals surface area contributed by atoms with Crippen molar-refractivity contribution in [2.75, 3.05) is 0 Å². The molecule has 1 saturated heterocycles. The summed E-state index contributed by atoms with van der Waals surface area (Å²) in [5.41, 5.74) is 2.35. The van der Waals surface area contributed by atoms with Crippen molar-refractivity contribution in [3.63, 3.8) is 0 Å². The summed E-state index contributed by atoms with van der Waals surface area (Å²) in [4.78, 5) is 27.5. The van der Waals surface area contributed by atoms with E-state index in [4.69, 9.17) is 0 Å². The van der Waals surface area contributed by atoms with Gasteiger partial charge in [-0.05, 0) is 41.7 Å². The van der Waals surface area contributed by atoms with Gasteiger partial charge < -0.3 is 0 Å². The van der Waals surface area contributed by atoms with Crippen LogP contribution < -0.4 is 0 Å². The number of hydrogen-bond donors (Lipinski definition) is 0. The lowest BCUT2D eigenvalue weighted by molar-refractivity contribution is -0.141. The highest BCUT2D eigenvalue weighted by Gasteiger charge is 2.63. The first-order valence-corrected chi connectivity index (χ1v) is 9.18. The Morgan fingerprint density at radius 1 is 0.800 bits per heavy atom. The highest BCUT2D eigenvalue weighted by atomic mass is 16.2. The van der Waals surface area contributed by atoms with Crippen LogP contribution in [0.3, 0.4) is 0 Å². The average molecular weight is 331 g/mol. The number of fused-ring (bicyclic) bond motifs is 5. The van der Waals surface area contributed by atoms with Crippen LogP contribution in [0.4, 0.5) is 0 Å². The molecule has 0 spiro atoms. The topological polar surface area (TPSA) is 37.4 Å². The molecule has 5 rings (SSSR count). The van der Waals surface area contributed by atoms with E-state index >= 15 is 0 Å². The molecule has 2 aliphatic carbocycles. The van der Waals surface area contributed by atoms with Gasteiger partial charge in [0.15, 0.2) is 0 Å². The molecule has 2 saturated carbocycles. The second-order valence-electron chi connectivity index (χ2n) is 7.71. The lowest BCUT2D eigenvalue weighted by Gasteiger charge is -2.28. The molecule has 2 aromatic carbocycles. The van der Waals surface area contributed by atoms with Crippen LogP contribution in [0.2, 0.25) is 0 Å². The second-order valence-corrected chi connectivity index (χ2v) is 7.71. The molecule has 2 bridgehead atoms. The first kappa shape index (κ1) is 14.9. The minimum Gasteiger partial charge on any atom is -0.278 e. The summed E-state index contributed by atoms with van der Waals surface area (Å²) >= 11 is 0. The third-order valence-electron chi connectivity index (χ3n) is 6.52. The van der Waals surface area contributed by atoms with Crippen LogP contribution in [0.25, 0.3) is 0 Å². The Morgan fingerprint density at radius 3 is 2.16 bits per heavy atom. The van der Waals surface area contributed by atoms with Gasteiger partial charge in [-0.25, -0.2) is 0 Å². The standard InChI is InChI=1S/C22H21NO2/c24-21-19-16-11-17(15-9-5-2-6-10-15)18(12-16)20(19)22(25)23(21)13-14-7-3-1-4-8-14/h1-10,16-20H,11-13H2/t16-,17-,18+,19-,20+/m1/s1. The first-order chi connectivity index (χ1) is 12.2. The molecule has 3 fully saturated rings. The third-order valence-corrected chi connectivity index (χ3v) is 6.52. The van der Waals surface area contributed by atoms with Crippen molar-refractivity contribution in [3.05, 3.63) is 71.8 Å². The summed E-state index contributed by atoms with van der Waals surface area (Å²) in [5, 5.41) is 0. The molecular formula is C22H21NO2. The van der Waals surface area contributed by atoms with Crippen LogP contribution in [0.5, 0.6) is 0 Å². The monoisotopic (exact) mass is 331 g/mol. The van der Waals surface area contributed by atoms with E-state index in [0.29, 0.717) is 24.3 Å². The summed E-state index contributed by atoms with van der Waals surface area (Å²) < 4.78 is 0. The Kier molecular flexibility index (Phi) is 3.30. The summed E-state index contributed by atoms with van der Waals surface area (Å²) in [6.45, 7) is 0.418. The zero-order chi connectivity index (χ0) is 17.0. The van der Waals surface area contributed by atoms with Gasteiger partial charge in [0.1, 0.15) is 0 Å². The van der Waals surface area contributed by atoms with Gasteiger partial charge in [-0.3, -0.25) is 14.5 Å². The van der Waals surface area contributed by atoms with Crippen molar-refractivity contribution in [1.29, 1.82) is 0 Å². The molecule has 1 heterocycles. The molecule has 1 aliphatic heterocycles. The Morgan fingerprint density at radius 2 is 1.44 bits per heavy atom. The predicted molar refractivity (Wildman–Crippen MR) is 94.4 cm³/mol. The van der Waals surface area contributed by atoms with Crippen molar-refractivity contribution in [3.8, 4) is 0 Å². The molecule has 3 aliphatic rings. The molecule has 126 valence electrons. The van der Waals surface area contributed by atoms with Crippen molar-refractivity contribution in [2.24, 2.45) is 23.7 Å². The van der Waals surface area contributed by atoms with E-state index in [1.54, 1.807) is 0 Å². The van der Waals surface area contributed by atoms with Crippen LogP contribution in [0.1, 0.15) is 29.9 Å². The van der Waals surface area contributed by atoms with Gasteiger partial charge >= 0.3 is 0 Å². The highest BCUT2D eigenvalue weighted by molar-refractivity contribution is 6.06. The smallest absolute Gasteiger partial charge is 0.233 e. The highest BCUT2D eigenvalue weighted by Crippen LogP contribution is 2.61. The average Bonchev–Trinajstić information content (AvgIpc) is 3.31. The number of imide groups is 1. The van der Waals surface area contributed by atoms with Gasteiger partial charge in [-0.1, -0.05) is 60.7 Å². The zero-order valence-electron chi connectivity index (χ0n) is 14.0. The SMILES string of the molecule is O=C1[C@@H]2[C@H]3C[C@H]([C@@H]2C(=O)N1Cc1ccccc1)[C@@H](c1ccccc1)C3. The fourth-order valence-corrected chi connectivity index (χ4v) is 5.53. The zero-order valence-corrected chi connectivity index (χ0v) is 14.0. The van der Waals surface area contributed by atoms with Gasteiger partial charge in [0.2, 0.25) is 11.8 Å². The lowest BCUT2D eigenvalue weighted by Crippen LogP contribution is -2.32. The van der Waals surface area contributed by atoms with Gasteiger partial charge in [0, 0.05) is 0 Å². The third kappa shape index (κ3) is 2.18. The van der Waals surface area contributed by atoms with Gasteiger partial charge in [-0.15, -0.1) is 0 Å². The Bertz CT molecular complexity index is 816. The second kappa shape index (κ2) is 5.55. The number of nitrogens with zero attached hydrogens (tertiary/aromatic N) is 1. The van der Waals surface area contributed by atoms with E-state index in [1.807, 2.05) is 36.4 Å². The molecule has 3 nitrogen and oxygen atoms in total. The number of hydrogen-bond acceptors (Lipinski definition) is 2. The molecule has 0 radical (unpaired) electrons. The number of carbonyl (C=O) groups excluding carboxylic acids is 2. The van der Waals surface area contributed by atoms with E-state index in [2.05, 4.69) is 24.3 Å². The van der Waals surface area contributed by atoms with E-state index in [9.17, 15) is 9.59 Å². The molecule has 3 heteroatoms. The lowest BCUT2D eigenvalue weighted by atomic mass is 9.73. The number of amides is 2. The molecule has 5 atom stereocenters. The number of carbonyl (C=O) groups is 2. The maximum atomic E-state index is 13.1. The normalized spacial score (nSPS) is 33.1. The fourth-order valence-electron chi connectivity index (χ4n) is 5.53. The minimum absolute atomic E-state index is 0.0620. The van der Waals surface area contributed by atoms with Gasteiger partial charge in [0.25, 0.3) is 0 Å². The largest absolute Gasteiger partial charge is 0.278 e. The first-order valence-electron chi connectivity index (χ1n) is 9.18. The van der Waals surface area contributed by atoms with Crippen LogP contribution in [0, 0.1) is 23.7 Å². The van der Waals surface area contributed by atoms with Crippen molar-refractivity contribution >= 4 is 11.8 Å². The molecule has 0 aromatic heterocycles. The number of rotatable bonds is 3. The van der Waals surface area contributed by atoms with E-state index < -0.39 is 0 Å². The summed E-state index contributed by atoms with van der Waals surface area (Å²) in [7, 11) is 0. The van der Waals surface area contributed by atoms with Crippen LogP contribution >= 0.6 is 0 Å². The van der Waals surface area contributed by atoms with Crippen molar-refractivity contribution in [1.82, 2.24) is 4.90 Å². The summed E-state index contributed by atoms with van der Waals surface area (Å²) in [6.07, 6.45) is 2.08. The van der Waals surface area contributed by atoms with E-state index in [0.717, 1.165) is 18.4 Å². The fraction of sp³-hybridized carbons (Fsp3) is 0.364.